The largest absolute Gasteiger partial charge is 0.489 e. The Bertz CT molecular complexity index is 1660. The van der Waals surface area contributed by atoms with Crippen LogP contribution in [0.15, 0.2) is 77.6 Å². The fourth-order valence-electron chi connectivity index (χ4n) is 4.00. The Balaban J connectivity index is 1.39. The molecule has 5 aromatic rings. The first-order valence-corrected chi connectivity index (χ1v) is 11.1. The first-order valence-electron chi connectivity index (χ1n) is 11.1. The molecule has 3 heterocycles. The predicted octanol–water partition coefficient (Wildman–Crippen LogP) is 3.18. The number of benzene rings is 3. The second-order valence-electron chi connectivity index (χ2n) is 8.06. The lowest BCUT2D eigenvalue weighted by molar-refractivity contribution is 0.0997. The molecule has 0 bridgehead atoms. The lowest BCUT2D eigenvalue weighted by Gasteiger charge is -2.09. The number of hydrogen-bond donors (Lipinski definition) is 2. The molecule has 0 saturated heterocycles. The Labute approximate surface area is 203 Å². The maximum Gasteiger partial charge on any atom is 0.332 e. The average Bonchev–Trinajstić information content (AvgIpc) is 3.50. The van der Waals surface area contributed by atoms with Crippen LogP contribution >= 0.6 is 0 Å². The van der Waals surface area contributed by atoms with Gasteiger partial charge in [-0.25, -0.2) is 19.3 Å². The van der Waals surface area contributed by atoms with E-state index in [2.05, 4.69) is 15.0 Å². The zero-order valence-corrected chi connectivity index (χ0v) is 18.8. The number of carbonyl (C=O) groups is 1. The van der Waals surface area contributed by atoms with Crippen molar-refractivity contribution in [1.29, 1.82) is 0 Å². The highest BCUT2D eigenvalue weighted by molar-refractivity contribution is 6.02. The molecule has 1 aliphatic rings. The van der Waals surface area contributed by atoms with Crippen LogP contribution in [0.2, 0.25) is 0 Å². The average molecular weight is 481 g/mol. The van der Waals surface area contributed by atoms with Gasteiger partial charge in [0.2, 0.25) is 6.79 Å². The molecule has 3 aromatic carbocycles. The number of nitrogens with one attached hydrogen (secondary N) is 1. The van der Waals surface area contributed by atoms with Crippen LogP contribution in [-0.2, 0) is 6.61 Å². The Morgan fingerprint density at radius 1 is 1.00 bits per heavy atom. The molecular weight excluding hydrogens is 462 g/mol. The Kier molecular flexibility index (Phi) is 5.11. The van der Waals surface area contributed by atoms with Gasteiger partial charge in [-0.3, -0.25) is 4.79 Å². The van der Waals surface area contributed by atoms with E-state index in [4.69, 9.17) is 19.9 Å². The second kappa shape index (κ2) is 8.58. The number of aromatic nitrogens is 4. The van der Waals surface area contributed by atoms with E-state index in [-0.39, 0.29) is 29.5 Å². The van der Waals surface area contributed by atoms with Gasteiger partial charge in [0.05, 0.1) is 5.69 Å². The van der Waals surface area contributed by atoms with Crippen molar-refractivity contribution in [2.45, 2.75) is 6.61 Å². The Hall–Kier alpha value is -5.12. The second-order valence-corrected chi connectivity index (χ2v) is 8.06. The molecule has 0 spiro atoms. The number of nitrogens with zero attached hydrogens (tertiary/aromatic N) is 3. The van der Waals surface area contributed by atoms with E-state index in [1.807, 2.05) is 30.3 Å². The van der Waals surface area contributed by atoms with Crippen LogP contribution in [0.3, 0.4) is 0 Å². The number of primary amides is 1. The molecule has 0 saturated carbocycles. The summed E-state index contributed by atoms with van der Waals surface area (Å²) in [7, 11) is 0. The maximum absolute atomic E-state index is 12.9. The first kappa shape index (κ1) is 21.4. The zero-order chi connectivity index (χ0) is 24.6. The van der Waals surface area contributed by atoms with Crippen LogP contribution in [0.5, 0.6) is 17.2 Å². The number of H-pyrrole nitrogens is 1. The topological polar surface area (TPSA) is 134 Å². The molecule has 0 aliphatic carbocycles. The number of nitrogens with two attached hydrogens (primary N) is 1. The number of carbonyl (C=O) groups excluding carboxylic acids is 1. The van der Waals surface area contributed by atoms with Gasteiger partial charge in [0.15, 0.2) is 28.7 Å². The maximum atomic E-state index is 12.9. The monoisotopic (exact) mass is 481 g/mol. The summed E-state index contributed by atoms with van der Waals surface area (Å²) >= 11 is 0. The minimum absolute atomic E-state index is 0.0870. The predicted molar refractivity (Wildman–Crippen MR) is 130 cm³/mol. The van der Waals surface area contributed by atoms with Gasteiger partial charge in [-0.05, 0) is 42.0 Å². The van der Waals surface area contributed by atoms with E-state index in [0.717, 1.165) is 5.56 Å². The molecule has 6 rings (SSSR count). The number of rotatable bonds is 6. The van der Waals surface area contributed by atoms with Gasteiger partial charge in [-0.15, -0.1) is 0 Å². The molecule has 178 valence electrons. The molecule has 2 aromatic heterocycles. The normalized spacial score (nSPS) is 12.1. The summed E-state index contributed by atoms with van der Waals surface area (Å²) < 4.78 is 18.0. The van der Waals surface area contributed by atoms with E-state index >= 15 is 0 Å². The first-order chi connectivity index (χ1) is 17.6. The molecule has 0 atom stereocenters. The quantitative estimate of drug-likeness (QED) is 0.380. The minimum Gasteiger partial charge on any atom is -0.489 e. The summed E-state index contributed by atoms with van der Waals surface area (Å²) in [6.07, 6.45) is 0. The van der Waals surface area contributed by atoms with Crippen molar-refractivity contribution >= 4 is 17.1 Å². The third-order valence-electron chi connectivity index (χ3n) is 5.75. The molecule has 1 aliphatic heterocycles. The zero-order valence-electron chi connectivity index (χ0n) is 18.8. The molecule has 10 heteroatoms. The van der Waals surface area contributed by atoms with E-state index in [1.54, 1.807) is 42.5 Å². The van der Waals surface area contributed by atoms with Gasteiger partial charge in [-0.2, -0.15) is 0 Å². The molecule has 0 radical (unpaired) electrons. The third-order valence-corrected chi connectivity index (χ3v) is 5.75. The smallest absolute Gasteiger partial charge is 0.332 e. The molecule has 3 N–H and O–H groups in total. The summed E-state index contributed by atoms with van der Waals surface area (Å²) in [6, 6.07) is 22.0. The van der Waals surface area contributed by atoms with Crippen molar-refractivity contribution < 1.29 is 19.0 Å². The minimum atomic E-state index is -0.787. The number of imidazole rings is 1. The van der Waals surface area contributed by atoms with E-state index in [0.29, 0.717) is 35.1 Å². The number of amides is 1. The molecule has 10 nitrogen and oxygen atoms in total. The van der Waals surface area contributed by atoms with Crippen molar-refractivity contribution in [1.82, 2.24) is 19.5 Å². The lowest BCUT2D eigenvalue weighted by Crippen LogP contribution is -2.15. The fraction of sp³-hybridized carbons (Fsp3) is 0.0769. The summed E-state index contributed by atoms with van der Waals surface area (Å²) in [5, 5.41) is 0. The van der Waals surface area contributed by atoms with Gasteiger partial charge >= 0.3 is 5.69 Å². The molecule has 0 fully saturated rings. The molecule has 36 heavy (non-hydrogen) atoms. The van der Waals surface area contributed by atoms with E-state index in [1.165, 1.54) is 4.57 Å². The van der Waals surface area contributed by atoms with Gasteiger partial charge in [0.1, 0.15) is 17.9 Å². The van der Waals surface area contributed by atoms with Crippen molar-refractivity contribution in [3.05, 3.63) is 94.5 Å². The number of ether oxygens (including phenoxy) is 3. The van der Waals surface area contributed by atoms with Gasteiger partial charge in [-0.1, -0.05) is 30.3 Å². The van der Waals surface area contributed by atoms with Crippen molar-refractivity contribution in [2.75, 3.05) is 6.79 Å². The van der Waals surface area contributed by atoms with Gasteiger partial charge in [0.25, 0.3) is 5.91 Å². The molecule has 0 unspecified atom stereocenters. The van der Waals surface area contributed by atoms with Crippen molar-refractivity contribution in [3.8, 4) is 34.3 Å². The molecular formula is C26H19N5O5. The van der Waals surface area contributed by atoms with Crippen LogP contribution in [0.1, 0.15) is 16.1 Å². The van der Waals surface area contributed by atoms with Crippen LogP contribution in [0.4, 0.5) is 0 Å². The Morgan fingerprint density at radius 3 is 2.56 bits per heavy atom. The van der Waals surface area contributed by atoms with E-state index < -0.39 is 11.6 Å². The standard InChI is InChI=1S/C26H19N5O5/c27-23(32)21-22-25(31(26(33)29-22)17-8-11-19-20(12-17)36-14-35-19)30-24(28-21)16-6-9-18(10-7-16)34-13-15-4-2-1-3-5-15/h1-12H,13-14H2,(H2,27,32)(H,29,33). The van der Waals surface area contributed by atoms with Crippen molar-refractivity contribution in [2.24, 2.45) is 5.73 Å². The van der Waals surface area contributed by atoms with Crippen LogP contribution in [-0.4, -0.2) is 32.2 Å². The number of aromatic amines is 1. The summed E-state index contributed by atoms with van der Waals surface area (Å²) in [5.41, 5.74) is 7.54. The highest BCUT2D eigenvalue weighted by atomic mass is 16.7. The number of hydrogen-bond acceptors (Lipinski definition) is 7. The van der Waals surface area contributed by atoms with E-state index in [9.17, 15) is 9.59 Å². The van der Waals surface area contributed by atoms with Crippen molar-refractivity contribution in [3.63, 3.8) is 0 Å². The molecule has 1 amide bonds. The van der Waals surface area contributed by atoms with Crippen LogP contribution in [0, 0.1) is 0 Å². The summed E-state index contributed by atoms with van der Waals surface area (Å²) in [6.45, 7) is 0.532. The third kappa shape index (κ3) is 3.80. The van der Waals surface area contributed by atoms with Gasteiger partial charge in [0, 0.05) is 11.6 Å². The van der Waals surface area contributed by atoms with Crippen LogP contribution in [0.25, 0.3) is 28.2 Å². The number of fused-ring (bicyclic) bond motifs is 2. The van der Waals surface area contributed by atoms with Crippen LogP contribution < -0.4 is 25.6 Å². The SMILES string of the molecule is NC(=O)c1nc(-c2ccc(OCc3ccccc3)cc2)nc2c1[nH]c(=O)n2-c1ccc2c(c1)OCO2. The summed E-state index contributed by atoms with van der Waals surface area (Å²) in [4.78, 5) is 36.7. The lowest BCUT2D eigenvalue weighted by atomic mass is 10.2. The highest BCUT2D eigenvalue weighted by Crippen LogP contribution is 2.34. The highest BCUT2D eigenvalue weighted by Gasteiger charge is 2.22. The fourth-order valence-corrected chi connectivity index (χ4v) is 4.00. The Morgan fingerprint density at radius 2 is 1.78 bits per heavy atom. The summed E-state index contributed by atoms with van der Waals surface area (Å²) in [5.74, 6) is 1.20. The van der Waals surface area contributed by atoms with Gasteiger partial charge < -0.3 is 24.9 Å².